The smallest absolute Gasteiger partial charge is 0.135 e. The van der Waals surface area contributed by atoms with Gasteiger partial charge >= 0.3 is 0 Å². The lowest BCUT2D eigenvalue weighted by molar-refractivity contribution is 0.155. The van der Waals surface area contributed by atoms with Crippen molar-refractivity contribution in [2.24, 2.45) is 0 Å². The highest BCUT2D eigenvalue weighted by molar-refractivity contribution is 6.32. The summed E-state index contributed by atoms with van der Waals surface area (Å²) >= 11 is 11.7. The normalized spacial score (nSPS) is 13.0. The standard InChI is InChI=1S/C10H8Cl2N2O/c11-9-7(10(12)14-15)5-6-3-1-2-4-8(6)13-9/h1-5,10,14-15H. The number of fused-ring (bicyclic) bond motifs is 1. The average Bonchev–Trinajstić information content (AvgIpc) is 2.27. The van der Waals surface area contributed by atoms with Gasteiger partial charge in [-0.25, -0.2) is 4.98 Å². The molecule has 1 heterocycles. The van der Waals surface area contributed by atoms with E-state index in [0.717, 1.165) is 10.9 Å². The summed E-state index contributed by atoms with van der Waals surface area (Å²) in [5.41, 5.74) is 2.53. The summed E-state index contributed by atoms with van der Waals surface area (Å²) in [5.74, 6) is 0. The van der Waals surface area contributed by atoms with E-state index < -0.39 is 5.50 Å². The van der Waals surface area contributed by atoms with Gasteiger partial charge in [-0.05, 0) is 12.1 Å². The Morgan fingerprint density at radius 3 is 2.80 bits per heavy atom. The highest BCUT2D eigenvalue weighted by Gasteiger charge is 2.12. The number of halogens is 2. The number of para-hydroxylation sites is 1. The molecular formula is C10H8Cl2N2O. The van der Waals surface area contributed by atoms with Crippen LogP contribution in [0.25, 0.3) is 10.9 Å². The summed E-state index contributed by atoms with van der Waals surface area (Å²) in [6, 6.07) is 9.35. The van der Waals surface area contributed by atoms with Gasteiger partial charge in [-0.3, -0.25) is 0 Å². The van der Waals surface area contributed by atoms with E-state index in [1.54, 1.807) is 6.07 Å². The minimum atomic E-state index is -0.755. The van der Waals surface area contributed by atoms with Crippen molar-refractivity contribution < 1.29 is 5.21 Å². The van der Waals surface area contributed by atoms with Gasteiger partial charge in [0.25, 0.3) is 0 Å². The Hall–Kier alpha value is -0.870. The molecule has 1 atom stereocenters. The Bertz CT molecular complexity index is 490. The van der Waals surface area contributed by atoms with Gasteiger partial charge in [0.1, 0.15) is 10.7 Å². The highest BCUT2D eigenvalue weighted by Crippen LogP contribution is 2.27. The lowest BCUT2D eigenvalue weighted by Gasteiger charge is -2.09. The fraction of sp³-hybridized carbons (Fsp3) is 0.100. The summed E-state index contributed by atoms with van der Waals surface area (Å²) in [4.78, 5) is 4.17. The van der Waals surface area contributed by atoms with Crippen LogP contribution in [0.2, 0.25) is 5.15 Å². The van der Waals surface area contributed by atoms with Crippen LogP contribution in [-0.2, 0) is 0 Å². The predicted octanol–water partition coefficient (Wildman–Crippen LogP) is 3.10. The van der Waals surface area contributed by atoms with E-state index in [2.05, 4.69) is 4.98 Å². The van der Waals surface area contributed by atoms with Crippen molar-refractivity contribution >= 4 is 34.1 Å². The lowest BCUT2D eigenvalue weighted by atomic mass is 10.1. The first kappa shape index (κ1) is 10.6. The number of hydroxylamine groups is 1. The zero-order chi connectivity index (χ0) is 10.8. The fourth-order valence-corrected chi connectivity index (χ4v) is 1.83. The van der Waals surface area contributed by atoms with Crippen LogP contribution in [0.1, 0.15) is 11.1 Å². The third-order valence-corrected chi connectivity index (χ3v) is 2.73. The van der Waals surface area contributed by atoms with Gasteiger partial charge in [0, 0.05) is 10.9 Å². The van der Waals surface area contributed by atoms with Gasteiger partial charge in [-0.15, -0.1) is 0 Å². The van der Waals surface area contributed by atoms with Crippen LogP contribution in [0.3, 0.4) is 0 Å². The summed E-state index contributed by atoms with van der Waals surface area (Å²) in [6.45, 7) is 0. The Kier molecular flexibility index (Phi) is 3.07. The van der Waals surface area contributed by atoms with Crippen molar-refractivity contribution in [3.05, 3.63) is 41.0 Å². The third kappa shape index (κ3) is 2.06. The van der Waals surface area contributed by atoms with Crippen LogP contribution in [0.5, 0.6) is 0 Å². The van der Waals surface area contributed by atoms with Crippen LogP contribution < -0.4 is 5.48 Å². The molecule has 2 rings (SSSR count). The molecule has 78 valence electrons. The molecule has 2 N–H and O–H groups in total. The SMILES string of the molecule is ONC(Cl)c1cc2ccccc2nc1Cl. The molecule has 0 aliphatic heterocycles. The molecule has 0 aliphatic rings. The van der Waals surface area contributed by atoms with Crippen LogP contribution in [0, 0.1) is 0 Å². The number of rotatable bonds is 2. The number of nitrogens with zero attached hydrogens (tertiary/aromatic N) is 1. The van der Waals surface area contributed by atoms with Crippen LogP contribution >= 0.6 is 23.2 Å². The van der Waals surface area contributed by atoms with Crippen molar-refractivity contribution in [3.63, 3.8) is 0 Å². The van der Waals surface area contributed by atoms with Crippen molar-refractivity contribution in [1.82, 2.24) is 10.5 Å². The highest BCUT2D eigenvalue weighted by atomic mass is 35.5. The Labute approximate surface area is 96.6 Å². The second-order valence-corrected chi connectivity index (χ2v) is 3.85. The van der Waals surface area contributed by atoms with Crippen molar-refractivity contribution in [2.45, 2.75) is 5.50 Å². The molecule has 0 saturated heterocycles. The maximum absolute atomic E-state index is 8.72. The van der Waals surface area contributed by atoms with E-state index in [1.807, 2.05) is 29.7 Å². The molecule has 0 fully saturated rings. The molecule has 1 aromatic heterocycles. The molecule has 0 bridgehead atoms. The molecule has 15 heavy (non-hydrogen) atoms. The largest absolute Gasteiger partial charge is 0.315 e. The number of pyridine rings is 1. The number of benzene rings is 1. The summed E-state index contributed by atoms with van der Waals surface area (Å²) in [6.07, 6.45) is 0. The van der Waals surface area contributed by atoms with Crippen LogP contribution in [0.15, 0.2) is 30.3 Å². The van der Waals surface area contributed by atoms with E-state index in [0.29, 0.717) is 5.56 Å². The first-order chi connectivity index (χ1) is 7.22. The van der Waals surface area contributed by atoms with Gasteiger partial charge in [0.05, 0.1) is 5.52 Å². The fourth-order valence-electron chi connectivity index (χ4n) is 1.36. The Morgan fingerprint density at radius 1 is 1.33 bits per heavy atom. The quantitative estimate of drug-likeness (QED) is 0.368. The first-order valence-corrected chi connectivity index (χ1v) is 5.12. The Morgan fingerprint density at radius 2 is 2.07 bits per heavy atom. The summed E-state index contributed by atoms with van der Waals surface area (Å²) < 4.78 is 0. The lowest BCUT2D eigenvalue weighted by Crippen LogP contribution is -2.11. The second-order valence-electron chi connectivity index (χ2n) is 3.05. The van der Waals surface area contributed by atoms with Crippen molar-refractivity contribution in [3.8, 4) is 0 Å². The van der Waals surface area contributed by atoms with E-state index >= 15 is 0 Å². The number of hydrogen-bond donors (Lipinski definition) is 2. The number of aromatic nitrogens is 1. The molecule has 0 saturated carbocycles. The van der Waals surface area contributed by atoms with Gasteiger partial charge < -0.3 is 5.21 Å². The molecule has 5 heteroatoms. The molecule has 2 aromatic rings. The molecule has 0 amide bonds. The van der Waals surface area contributed by atoms with Crippen LogP contribution in [0.4, 0.5) is 0 Å². The number of nitrogens with one attached hydrogen (secondary N) is 1. The van der Waals surface area contributed by atoms with Crippen molar-refractivity contribution in [1.29, 1.82) is 0 Å². The first-order valence-electron chi connectivity index (χ1n) is 4.31. The minimum absolute atomic E-state index is 0.287. The summed E-state index contributed by atoms with van der Waals surface area (Å²) in [5, 5.41) is 9.93. The Balaban J connectivity index is 2.61. The van der Waals surface area contributed by atoms with Crippen molar-refractivity contribution in [2.75, 3.05) is 0 Å². The van der Waals surface area contributed by atoms with Gasteiger partial charge in [0.2, 0.25) is 0 Å². The predicted molar refractivity (Wildman–Crippen MR) is 60.3 cm³/mol. The zero-order valence-electron chi connectivity index (χ0n) is 7.61. The minimum Gasteiger partial charge on any atom is -0.315 e. The zero-order valence-corrected chi connectivity index (χ0v) is 9.13. The molecule has 0 aliphatic carbocycles. The van der Waals surface area contributed by atoms with Gasteiger partial charge in [-0.1, -0.05) is 41.4 Å². The molecule has 3 nitrogen and oxygen atoms in total. The molecule has 0 spiro atoms. The maximum atomic E-state index is 8.72. The van der Waals surface area contributed by atoms with E-state index in [9.17, 15) is 0 Å². The number of hydrogen-bond acceptors (Lipinski definition) is 3. The third-order valence-electron chi connectivity index (χ3n) is 2.09. The maximum Gasteiger partial charge on any atom is 0.135 e. The van der Waals surface area contributed by atoms with Gasteiger partial charge in [-0.2, -0.15) is 5.48 Å². The monoisotopic (exact) mass is 242 g/mol. The number of alkyl halides is 1. The second kappa shape index (κ2) is 4.33. The topological polar surface area (TPSA) is 45.1 Å². The molecule has 1 aromatic carbocycles. The van der Waals surface area contributed by atoms with E-state index in [1.165, 1.54) is 0 Å². The van der Waals surface area contributed by atoms with Gasteiger partial charge in [0.15, 0.2) is 0 Å². The molecule has 1 unspecified atom stereocenters. The van der Waals surface area contributed by atoms with E-state index in [-0.39, 0.29) is 5.15 Å². The molecular weight excluding hydrogens is 235 g/mol. The molecule has 0 radical (unpaired) electrons. The van der Waals surface area contributed by atoms with E-state index in [4.69, 9.17) is 28.4 Å². The average molecular weight is 243 g/mol. The van der Waals surface area contributed by atoms with Crippen LogP contribution in [-0.4, -0.2) is 10.2 Å². The summed E-state index contributed by atoms with van der Waals surface area (Å²) in [7, 11) is 0.